The molecule has 148 valence electrons. The number of amides is 1. The molecule has 1 amide bonds. The lowest BCUT2D eigenvalue weighted by Crippen LogP contribution is -2.60. The topological polar surface area (TPSA) is 41.6 Å². The average Bonchev–Trinajstić information content (AvgIpc) is 3.15. The van der Waals surface area contributed by atoms with Gasteiger partial charge in [0.05, 0.1) is 18.7 Å². The van der Waals surface area contributed by atoms with E-state index in [-0.39, 0.29) is 17.5 Å². The van der Waals surface area contributed by atoms with Crippen molar-refractivity contribution in [3.05, 3.63) is 65.2 Å². The number of nitrogens with zero attached hydrogens (tertiary/aromatic N) is 1. The lowest BCUT2D eigenvalue weighted by Gasteiger charge is -2.51. The van der Waals surface area contributed by atoms with E-state index in [4.69, 9.17) is 4.74 Å². The van der Waals surface area contributed by atoms with Crippen LogP contribution in [0.1, 0.15) is 59.6 Å². The Labute approximate surface area is 167 Å². The fourth-order valence-corrected chi connectivity index (χ4v) is 5.01. The lowest BCUT2D eigenvalue weighted by molar-refractivity contribution is 0.00357. The van der Waals surface area contributed by atoms with Gasteiger partial charge in [-0.25, -0.2) is 0 Å². The summed E-state index contributed by atoms with van der Waals surface area (Å²) in [5.41, 5.74) is 2.79. The average molecular weight is 379 g/mol. The molecule has 0 aromatic heterocycles. The molecule has 28 heavy (non-hydrogen) atoms. The molecule has 1 heterocycles. The standard InChI is InChI=1S/C24H30N2O2/c1-18-10-8-13-20(28-2)21(18)23(27)25-22(19-11-4-3-5-12-19)24(14-6-7-15-24)26-16-9-17-26/h3-5,8,10-13,22H,6-7,9,14-17H2,1-2H3,(H,25,27). The fourth-order valence-electron chi connectivity index (χ4n) is 5.01. The van der Waals surface area contributed by atoms with Gasteiger partial charge in [0.25, 0.3) is 5.91 Å². The molecule has 1 N–H and O–H groups in total. The van der Waals surface area contributed by atoms with E-state index in [1.165, 1.54) is 24.8 Å². The smallest absolute Gasteiger partial charge is 0.255 e. The molecule has 1 saturated carbocycles. The summed E-state index contributed by atoms with van der Waals surface area (Å²) in [4.78, 5) is 16.1. The minimum absolute atomic E-state index is 0.0190. The van der Waals surface area contributed by atoms with Crippen LogP contribution in [0.5, 0.6) is 5.75 Å². The van der Waals surface area contributed by atoms with Crippen molar-refractivity contribution >= 4 is 5.91 Å². The Morgan fingerprint density at radius 2 is 1.75 bits per heavy atom. The molecule has 1 aliphatic heterocycles. The zero-order valence-corrected chi connectivity index (χ0v) is 16.9. The predicted molar refractivity (Wildman–Crippen MR) is 112 cm³/mol. The number of benzene rings is 2. The lowest BCUT2D eigenvalue weighted by atomic mass is 9.79. The second-order valence-corrected chi connectivity index (χ2v) is 8.12. The molecule has 2 aromatic carbocycles. The second-order valence-electron chi connectivity index (χ2n) is 8.12. The molecule has 2 fully saturated rings. The number of rotatable bonds is 6. The first kappa shape index (κ1) is 19.0. The minimum Gasteiger partial charge on any atom is -0.496 e. The molecule has 0 radical (unpaired) electrons. The van der Waals surface area contributed by atoms with E-state index in [9.17, 15) is 4.79 Å². The third-order valence-corrected chi connectivity index (χ3v) is 6.58. The van der Waals surface area contributed by atoms with Gasteiger partial charge in [-0.05, 0) is 43.4 Å². The van der Waals surface area contributed by atoms with Gasteiger partial charge in [-0.1, -0.05) is 55.3 Å². The molecular formula is C24H30N2O2. The van der Waals surface area contributed by atoms with Crippen molar-refractivity contribution in [1.29, 1.82) is 0 Å². The molecule has 1 atom stereocenters. The fraction of sp³-hybridized carbons (Fsp3) is 0.458. The van der Waals surface area contributed by atoms with Crippen LogP contribution in [-0.4, -0.2) is 36.5 Å². The Bertz CT molecular complexity index is 824. The van der Waals surface area contributed by atoms with Crippen LogP contribution in [0, 0.1) is 6.92 Å². The van der Waals surface area contributed by atoms with Crippen LogP contribution in [0.3, 0.4) is 0 Å². The normalized spacial score (nSPS) is 19.6. The summed E-state index contributed by atoms with van der Waals surface area (Å²) in [6, 6.07) is 16.2. The van der Waals surface area contributed by atoms with Crippen molar-refractivity contribution in [2.24, 2.45) is 0 Å². The summed E-state index contributed by atoms with van der Waals surface area (Å²) in [6.07, 6.45) is 5.98. The van der Waals surface area contributed by atoms with Gasteiger partial charge in [-0.3, -0.25) is 9.69 Å². The zero-order valence-electron chi connectivity index (χ0n) is 16.9. The number of hydrogen-bond acceptors (Lipinski definition) is 3. The highest BCUT2D eigenvalue weighted by atomic mass is 16.5. The third-order valence-electron chi connectivity index (χ3n) is 6.58. The van der Waals surface area contributed by atoms with E-state index in [2.05, 4.69) is 34.5 Å². The van der Waals surface area contributed by atoms with Gasteiger partial charge >= 0.3 is 0 Å². The van der Waals surface area contributed by atoms with E-state index in [0.717, 1.165) is 31.5 Å². The maximum Gasteiger partial charge on any atom is 0.255 e. The Hall–Kier alpha value is -2.33. The maximum absolute atomic E-state index is 13.4. The van der Waals surface area contributed by atoms with Crippen LogP contribution >= 0.6 is 0 Å². The molecular weight excluding hydrogens is 348 g/mol. The summed E-state index contributed by atoms with van der Waals surface area (Å²) in [6.45, 7) is 4.23. The zero-order chi connectivity index (χ0) is 19.6. The largest absolute Gasteiger partial charge is 0.496 e. The molecule has 4 heteroatoms. The van der Waals surface area contributed by atoms with Gasteiger partial charge in [0, 0.05) is 18.6 Å². The molecule has 4 nitrogen and oxygen atoms in total. The summed E-state index contributed by atoms with van der Waals surface area (Å²) in [5.74, 6) is 0.587. The summed E-state index contributed by atoms with van der Waals surface area (Å²) >= 11 is 0. The Kier molecular flexibility index (Phi) is 5.40. The van der Waals surface area contributed by atoms with E-state index in [0.29, 0.717) is 11.3 Å². The van der Waals surface area contributed by atoms with Gasteiger partial charge in [-0.15, -0.1) is 0 Å². The number of carbonyl (C=O) groups excluding carboxylic acids is 1. The van der Waals surface area contributed by atoms with Gasteiger partial charge in [0.1, 0.15) is 5.75 Å². The number of nitrogens with one attached hydrogen (secondary N) is 1. The van der Waals surface area contributed by atoms with Crippen molar-refractivity contribution < 1.29 is 9.53 Å². The van der Waals surface area contributed by atoms with Crippen molar-refractivity contribution in [2.45, 2.75) is 50.6 Å². The van der Waals surface area contributed by atoms with Crippen molar-refractivity contribution in [1.82, 2.24) is 10.2 Å². The predicted octanol–water partition coefficient (Wildman–Crippen LogP) is 4.49. The monoisotopic (exact) mass is 378 g/mol. The minimum atomic E-state index is -0.0457. The van der Waals surface area contributed by atoms with Crippen molar-refractivity contribution in [3.8, 4) is 5.75 Å². The number of carbonyl (C=O) groups is 1. The van der Waals surface area contributed by atoms with Crippen molar-refractivity contribution in [2.75, 3.05) is 20.2 Å². The van der Waals surface area contributed by atoms with E-state index >= 15 is 0 Å². The van der Waals surface area contributed by atoms with Gasteiger partial charge in [0.2, 0.25) is 0 Å². The van der Waals surface area contributed by atoms with Gasteiger partial charge < -0.3 is 10.1 Å². The second kappa shape index (κ2) is 7.96. The van der Waals surface area contributed by atoms with Crippen LogP contribution in [0.25, 0.3) is 0 Å². The maximum atomic E-state index is 13.4. The molecule has 4 rings (SSSR count). The Morgan fingerprint density at radius 1 is 1.04 bits per heavy atom. The van der Waals surface area contributed by atoms with Gasteiger partial charge in [-0.2, -0.15) is 0 Å². The first-order valence-electron chi connectivity index (χ1n) is 10.4. The molecule has 0 spiro atoms. The highest BCUT2D eigenvalue weighted by Gasteiger charge is 2.49. The molecule has 2 aromatic rings. The van der Waals surface area contributed by atoms with Crippen molar-refractivity contribution in [3.63, 3.8) is 0 Å². The van der Waals surface area contributed by atoms with Crippen LogP contribution in [0.4, 0.5) is 0 Å². The summed E-state index contributed by atoms with van der Waals surface area (Å²) < 4.78 is 5.49. The Balaban J connectivity index is 1.72. The molecule has 0 bridgehead atoms. The van der Waals surface area contributed by atoms with Gasteiger partial charge in [0.15, 0.2) is 0 Å². The molecule has 2 aliphatic rings. The quantitative estimate of drug-likeness (QED) is 0.805. The number of aryl methyl sites for hydroxylation is 1. The van der Waals surface area contributed by atoms with Crippen LogP contribution < -0.4 is 10.1 Å². The van der Waals surface area contributed by atoms with Crippen LogP contribution in [0.15, 0.2) is 48.5 Å². The Morgan fingerprint density at radius 3 is 2.36 bits per heavy atom. The molecule has 1 aliphatic carbocycles. The summed E-state index contributed by atoms with van der Waals surface area (Å²) in [7, 11) is 1.62. The molecule has 1 saturated heterocycles. The third kappa shape index (κ3) is 3.30. The van der Waals surface area contributed by atoms with E-state index in [1.54, 1.807) is 7.11 Å². The number of methoxy groups -OCH3 is 1. The number of hydrogen-bond donors (Lipinski definition) is 1. The SMILES string of the molecule is COc1cccc(C)c1C(=O)NC(c1ccccc1)C1(N2CCC2)CCCC1. The van der Waals surface area contributed by atoms with E-state index < -0.39 is 0 Å². The van der Waals surface area contributed by atoms with E-state index in [1.807, 2.05) is 31.2 Å². The first-order valence-corrected chi connectivity index (χ1v) is 10.4. The highest BCUT2D eigenvalue weighted by molar-refractivity contribution is 5.98. The highest BCUT2D eigenvalue weighted by Crippen LogP contribution is 2.46. The summed E-state index contributed by atoms with van der Waals surface area (Å²) in [5, 5.41) is 3.44. The van der Waals surface area contributed by atoms with Crippen LogP contribution in [-0.2, 0) is 0 Å². The molecule has 1 unspecified atom stereocenters. The number of likely N-dealkylation sites (tertiary alicyclic amines) is 1. The number of ether oxygens (including phenoxy) is 1. The first-order chi connectivity index (χ1) is 13.7. The van der Waals surface area contributed by atoms with Crippen LogP contribution in [0.2, 0.25) is 0 Å².